The van der Waals surface area contributed by atoms with Gasteiger partial charge in [-0.3, -0.25) is 9.59 Å². The van der Waals surface area contributed by atoms with Crippen molar-refractivity contribution in [2.75, 3.05) is 27.2 Å². The molecular formula is C27H34N2O2. The van der Waals surface area contributed by atoms with Crippen LogP contribution in [0.25, 0.3) is 11.1 Å². The third kappa shape index (κ3) is 4.39. The topological polar surface area (TPSA) is 40.6 Å². The van der Waals surface area contributed by atoms with Crippen LogP contribution in [0.4, 0.5) is 0 Å². The second-order valence-electron chi connectivity index (χ2n) is 9.82. The molecule has 0 aromatic heterocycles. The predicted octanol–water partition coefficient (Wildman–Crippen LogP) is 4.56. The molecule has 1 aliphatic carbocycles. The molecule has 2 aliphatic rings. The number of hydrogen-bond donors (Lipinski definition) is 0. The van der Waals surface area contributed by atoms with Crippen molar-refractivity contribution in [3.63, 3.8) is 0 Å². The Kier molecular flexibility index (Phi) is 5.92. The Bertz CT molecular complexity index is 973. The Balaban J connectivity index is 1.56. The Morgan fingerprint density at radius 3 is 2.35 bits per heavy atom. The SMILES string of the molecule is Cc1ccccc1-c1cccc(CC2(C(=O)N(C)C)CCN(C(=O)[C@@H]3C[C@@H]3C)CC2)c1. The zero-order chi connectivity index (χ0) is 22.2. The largest absolute Gasteiger partial charge is 0.348 e. The first-order valence-corrected chi connectivity index (χ1v) is 11.5. The van der Waals surface area contributed by atoms with Gasteiger partial charge in [0.1, 0.15) is 0 Å². The minimum absolute atomic E-state index is 0.181. The third-order valence-electron chi connectivity index (χ3n) is 7.24. The highest BCUT2D eigenvalue weighted by atomic mass is 16.2. The summed E-state index contributed by atoms with van der Waals surface area (Å²) in [5, 5.41) is 0. The molecule has 2 aromatic carbocycles. The smallest absolute Gasteiger partial charge is 0.228 e. The van der Waals surface area contributed by atoms with Crippen LogP contribution in [0.5, 0.6) is 0 Å². The lowest BCUT2D eigenvalue weighted by molar-refractivity contribution is -0.146. The highest BCUT2D eigenvalue weighted by Gasteiger charge is 2.46. The number of benzene rings is 2. The van der Waals surface area contributed by atoms with Crippen LogP contribution in [0, 0.1) is 24.2 Å². The normalized spacial score (nSPS) is 22.1. The number of carbonyl (C=O) groups is 2. The molecule has 1 saturated carbocycles. The summed E-state index contributed by atoms with van der Waals surface area (Å²) in [5.74, 6) is 1.20. The summed E-state index contributed by atoms with van der Waals surface area (Å²) >= 11 is 0. The summed E-state index contributed by atoms with van der Waals surface area (Å²) < 4.78 is 0. The van der Waals surface area contributed by atoms with Gasteiger partial charge in [-0.1, -0.05) is 55.5 Å². The van der Waals surface area contributed by atoms with Gasteiger partial charge in [-0.25, -0.2) is 0 Å². The van der Waals surface area contributed by atoms with Crippen LogP contribution in [0.15, 0.2) is 48.5 Å². The standard InChI is InChI=1S/C27H34N2O2/c1-19-8-5-6-11-23(19)22-10-7-9-21(17-22)18-27(26(31)28(3)4)12-14-29(15-13-27)25(30)24-16-20(24)2/h5-11,17,20,24H,12-16,18H2,1-4H3/t20-,24+/m0/s1. The summed E-state index contributed by atoms with van der Waals surface area (Å²) in [6.45, 7) is 5.64. The minimum atomic E-state index is -0.445. The first kappa shape index (κ1) is 21.6. The molecule has 0 N–H and O–H groups in total. The van der Waals surface area contributed by atoms with Crippen molar-refractivity contribution in [2.24, 2.45) is 17.3 Å². The molecular weight excluding hydrogens is 384 g/mol. The van der Waals surface area contributed by atoms with Crippen molar-refractivity contribution < 1.29 is 9.59 Å². The molecule has 0 unspecified atom stereocenters. The van der Waals surface area contributed by atoms with Crippen molar-refractivity contribution in [3.8, 4) is 11.1 Å². The maximum atomic E-state index is 13.3. The average molecular weight is 419 g/mol. The van der Waals surface area contributed by atoms with Gasteiger partial charge in [0.05, 0.1) is 5.41 Å². The molecule has 4 rings (SSSR count). The monoisotopic (exact) mass is 418 g/mol. The Morgan fingerprint density at radius 1 is 1.06 bits per heavy atom. The average Bonchev–Trinajstić information content (AvgIpc) is 3.50. The van der Waals surface area contributed by atoms with E-state index in [4.69, 9.17) is 0 Å². The van der Waals surface area contributed by atoms with Gasteiger partial charge < -0.3 is 9.80 Å². The van der Waals surface area contributed by atoms with Crippen LogP contribution in [-0.4, -0.2) is 48.8 Å². The fourth-order valence-corrected chi connectivity index (χ4v) is 5.13. The Morgan fingerprint density at radius 2 is 1.74 bits per heavy atom. The van der Waals surface area contributed by atoms with Crippen molar-refractivity contribution >= 4 is 11.8 Å². The maximum absolute atomic E-state index is 13.3. The van der Waals surface area contributed by atoms with Crippen molar-refractivity contribution in [1.29, 1.82) is 0 Å². The number of rotatable bonds is 5. The predicted molar refractivity (Wildman–Crippen MR) is 125 cm³/mol. The number of hydrogen-bond acceptors (Lipinski definition) is 2. The van der Waals surface area contributed by atoms with Crippen molar-refractivity contribution in [1.82, 2.24) is 9.80 Å². The summed E-state index contributed by atoms with van der Waals surface area (Å²) in [4.78, 5) is 29.8. The van der Waals surface area contributed by atoms with E-state index >= 15 is 0 Å². The zero-order valence-corrected chi connectivity index (χ0v) is 19.2. The summed E-state index contributed by atoms with van der Waals surface area (Å²) in [5.41, 5.74) is 4.42. The van der Waals surface area contributed by atoms with Crippen molar-refractivity contribution in [3.05, 3.63) is 59.7 Å². The molecule has 4 nitrogen and oxygen atoms in total. The van der Waals surface area contributed by atoms with Crippen LogP contribution >= 0.6 is 0 Å². The highest BCUT2D eigenvalue weighted by Crippen LogP contribution is 2.42. The number of nitrogens with zero attached hydrogens (tertiary/aromatic N) is 2. The lowest BCUT2D eigenvalue weighted by atomic mass is 9.72. The summed E-state index contributed by atoms with van der Waals surface area (Å²) in [6, 6.07) is 17.0. The van der Waals surface area contributed by atoms with E-state index < -0.39 is 5.41 Å². The molecule has 1 heterocycles. The molecule has 164 valence electrons. The number of aryl methyl sites for hydroxylation is 1. The summed E-state index contributed by atoms with van der Waals surface area (Å²) in [6.07, 6.45) is 3.19. The van der Waals surface area contributed by atoms with Crippen LogP contribution in [0.2, 0.25) is 0 Å². The number of amides is 2. The van der Waals surface area contributed by atoms with E-state index in [2.05, 4.69) is 62.4 Å². The number of piperidine rings is 1. The lowest BCUT2D eigenvalue weighted by Gasteiger charge is -2.42. The minimum Gasteiger partial charge on any atom is -0.348 e. The van der Waals surface area contributed by atoms with E-state index in [1.54, 1.807) is 4.90 Å². The molecule has 4 heteroatoms. The molecule has 0 bridgehead atoms. The van der Waals surface area contributed by atoms with E-state index in [0.29, 0.717) is 31.3 Å². The molecule has 2 fully saturated rings. The molecule has 0 spiro atoms. The van der Waals surface area contributed by atoms with E-state index in [9.17, 15) is 9.59 Å². The number of likely N-dealkylation sites (tertiary alicyclic amines) is 1. The van der Waals surface area contributed by atoms with E-state index in [-0.39, 0.29) is 11.8 Å². The fraction of sp³-hybridized carbons (Fsp3) is 0.481. The van der Waals surface area contributed by atoms with Crippen LogP contribution in [-0.2, 0) is 16.0 Å². The van der Waals surface area contributed by atoms with E-state index in [1.165, 1.54) is 22.3 Å². The molecule has 1 aliphatic heterocycles. The number of carbonyl (C=O) groups excluding carboxylic acids is 2. The van der Waals surface area contributed by atoms with E-state index in [0.717, 1.165) is 19.3 Å². The van der Waals surface area contributed by atoms with Crippen molar-refractivity contribution in [2.45, 2.75) is 39.5 Å². The van der Waals surface area contributed by atoms with Gasteiger partial charge in [-0.05, 0) is 60.8 Å². The lowest BCUT2D eigenvalue weighted by Crippen LogP contribution is -2.51. The second kappa shape index (κ2) is 8.49. The first-order chi connectivity index (χ1) is 14.8. The third-order valence-corrected chi connectivity index (χ3v) is 7.24. The molecule has 2 aromatic rings. The van der Waals surface area contributed by atoms with Gasteiger partial charge >= 0.3 is 0 Å². The molecule has 2 atom stereocenters. The fourth-order valence-electron chi connectivity index (χ4n) is 5.13. The van der Waals surface area contributed by atoms with Gasteiger partial charge in [0.15, 0.2) is 0 Å². The van der Waals surface area contributed by atoms with Crippen LogP contribution in [0.1, 0.15) is 37.3 Å². The van der Waals surface area contributed by atoms with Crippen LogP contribution in [0.3, 0.4) is 0 Å². The molecule has 2 amide bonds. The van der Waals surface area contributed by atoms with Gasteiger partial charge in [0, 0.05) is 33.1 Å². The summed E-state index contributed by atoms with van der Waals surface area (Å²) in [7, 11) is 3.69. The highest BCUT2D eigenvalue weighted by molar-refractivity contribution is 5.85. The Labute approximate surface area is 186 Å². The van der Waals surface area contributed by atoms with Gasteiger partial charge in [-0.15, -0.1) is 0 Å². The molecule has 0 radical (unpaired) electrons. The van der Waals surface area contributed by atoms with Crippen LogP contribution < -0.4 is 0 Å². The first-order valence-electron chi connectivity index (χ1n) is 11.5. The molecule has 1 saturated heterocycles. The Hall–Kier alpha value is -2.62. The zero-order valence-electron chi connectivity index (χ0n) is 19.2. The van der Waals surface area contributed by atoms with Gasteiger partial charge in [0.2, 0.25) is 11.8 Å². The second-order valence-corrected chi connectivity index (χ2v) is 9.82. The quantitative estimate of drug-likeness (QED) is 0.714. The van der Waals surface area contributed by atoms with Gasteiger partial charge in [-0.2, -0.15) is 0 Å². The maximum Gasteiger partial charge on any atom is 0.228 e. The van der Waals surface area contributed by atoms with E-state index in [1.807, 2.05) is 19.0 Å². The molecule has 31 heavy (non-hydrogen) atoms. The van der Waals surface area contributed by atoms with Gasteiger partial charge in [0.25, 0.3) is 0 Å².